The fourth-order valence-corrected chi connectivity index (χ4v) is 3.63. The van der Waals surface area contributed by atoms with Crippen LogP contribution < -0.4 is 10.1 Å². The highest BCUT2D eigenvalue weighted by Crippen LogP contribution is 2.23. The highest BCUT2D eigenvalue weighted by atomic mass is 19.1. The largest absolute Gasteiger partial charge is 0.497 e. The predicted octanol–water partition coefficient (Wildman–Crippen LogP) is 3.17. The summed E-state index contributed by atoms with van der Waals surface area (Å²) in [5.74, 6) is 0.514. The third-order valence-corrected chi connectivity index (χ3v) is 4.90. The Kier molecular flexibility index (Phi) is 5.56. The van der Waals surface area contributed by atoms with Crippen molar-refractivity contribution in [2.24, 2.45) is 5.92 Å². The summed E-state index contributed by atoms with van der Waals surface area (Å²) in [6, 6.07) is 4.06. The lowest BCUT2D eigenvalue weighted by molar-refractivity contribution is 0.192. The number of likely N-dealkylation sites (tertiary alicyclic amines) is 2. The summed E-state index contributed by atoms with van der Waals surface area (Å²) in [4.78, 5) is 16.7. The molecule has 2 aliphatic rings. The molecule has 6 heteroatoms. The summed E-state index contributed by atoms with van der Waals surface area (Å²) in [7, 11) is 1.48. The molecule has 0 unspecified atom stereocenters. The van der Waals surface area contributed by atoms with Gasteiger partial charge in [-0.25, -0.2) is 9.18 Å². The second-order valence-corrected chi connectivity index (χ2v) is 6.77. The van der Waals surface area contributed by atoms with E-state index >= 15 is 0 Å². The second-order valence-electron chi connectivity index (χ2n) is 6.77. The molecule has 24 heavy (non-hydrogen) atoms. The van der Waals surface area contributed by atoms with Crippen molar-refractivity contribution < 1.29 is 13.9 Å². The third kappa shape index (κ3) is 4.38. The van der Waals surface area contributed by atoms with Crippen molar-refractivity contribution in [3.8, 4) is 5.75 Å². The first-order valence-corrected chi connectivity index (χ1v) is 8.77. The Morgan fingerprint density at radius 1 is 1.25 bits per heavy atom. The average Bonchev–Trinajstić information content (AvgIpc) is 3.04. The zero-order valence-electron chi connectivity index (χ0n) is 14.3. The van der Waals surface area contributed by atoms with Gasteiger partial charge in [0, 0.05) is 37.5 Å². The monoisotopic (exact) mass is 335 g/mol. The zero-order chi connectivity index (χ0) is 16.9. The van der Waals surface area contributed by atoms with Crippen molar-refractivity contribution in [1.82, 2.24) is 9.80 Å². The number of carbonyl (C=O) groups excluding carboxylic acids is 1. The molecule has 2 saturated heterocycles. The molecule has 5 nitrogen and oxygen atoms in total. The maximum Gasteiger partial charge on any atom is 0.321 e. The minimum Gasteiger partial charge on any atom is -0.497 e. The molecule has 0 bridgehead atoms. The first kappa shape index (κ1) is 17.0. The molecule has 1 N–H and O–H groups in total. The van der Waals surface area contributed by atoms with Crippen molar-refractivity contribution in [1.29, 1.82) is 0 Å². The van der Waals surface area contributed by atoms with Crippen LogP contribution in [-0.2, 0) is 0 Å². The molecule has 0 aromatic heterocycles. The van der Waals surface area contributed by atoms with Crippen molar-refractivity contribution >= 4 is 11.7 Å². The fourth-order valence-electron chi connectivity index (χ4n) is 3.63. The van der Waals surface area contributed by atoms with E-state index in [1.807, 2.05) is 4.90 Å². The van der Waals surface area contributed by atoms with E-state index in [9.17, 15) is 9.18 Å². The molecule has 0 spiro atoms. The van der Waals surface area contributed by atoms with Crippen molar-refractivity contribution in [3.05, 3.63) is 24.0 Å². The number of anilines is 1. The van der Waals surface area contributed by atoms with E-state index in [4.69, 9.17) is 4.74 Å². The molecule has 1 atom stereocenters. The van der Waals surface area contributed by atoms with Gasteiger partial charge in [-0.2, -0.15) is 0 Å². The molecule has 0 aliphatic carbocycles. The minimum atomic E-state index is -0.422. The van der Waals surface area contributed by atoms with Gasteiger partial charge in [0.25, 0.3) is 0 Å². The summed E-state index contributed by atoms with van der Waals surface area (Å²) >= 11 is 0. The smallest absolute Gasteiger partial charge is 0.321 e. The molecular weight excluding hydrogens is 309 g/mol. The van der Waals surface area contributed by atoms with Crippen LogP contribution in [0.15, 0.2) is 18.2 Å². The topological polar surface area (TPSA) is 44.8 Å². The molecule has 132 valence electrons. The maximum atomic E-state index is 13.5. The Bertz CT molecular complexity index is 575. The summed E-state index contributed by atoms with van der Waals surface area (Å²) in [5.41, 5.74) is 0.427. The summed E-state index contributed by atoms with van der Waals surface area (Å²) in [5, 5.41) is 2.78. The number of nitrogens with one attached hydrogen (secondary N) is 1. The number of rotatable bonds is 4. The number of hydrogen-bond donors (Lipinski definition) is 1. The predicted molar refractivity (Wildman–Crippen MR) is 91.9 cm³/mol. The van der Waals surface area contributed by atoms with Gasteiger partial charge in [-0.05, 0) is 44.3 Å². The molecule has 1 aromatic rings. The van der Waals surface area contributed by atoms with E-state index in [0.29, 0.717) is 17.4 Å². The SMILES string of the molecule is COc1cc(F)cc(NC(=O)N2CC[C@H](CN3CCCCC3)C2)c1. The van der Waals surface area contributed by atoms with Crippen molar-refractivity contribution in [2.45, 2.75) is 25.7 Å². The minimum absolute atomic E-state index is 0.163. The Balaban J connectivity index is 1.51. The zero-order valence-corrected chi connectivity index (χ0v) is 14.3. The van der Waals surface area contributed by atoms with Crippen molar-refractivity contribution in [2.75, 3.05) is 45.2 Å². The normalized spacial score (nSPS) is 21.8. The van der Waals surface area contributed by atoms with Gasteiger partial charge in [0.1, 0.15) is 11.6 Å². The van der Waals surface area contributed by atoms with Crippen LogP contribution in [0.2, 0.25) is 0 Å². The average molecular weight is 335 g/mol. The van der Waals surface area contributed by atoms with Gasteiger partial charge >= 0.3 is 6.03 Å². The Labute approximate surface area is 142 Å². The Morgan fingerprint density at radius 2 is 2.04 bits per heavy atom. The number of urea groups is 1. The van der Waals surface area contributed by atoms with E-state index < -0.39 is 5.82 Å². The maximum absolute atomic E-state index is 13.5. The van der Waals surface area contributed by atoms with Crippen LogP contribution in [0.5, 0.6) is 5.75 Å². The molecule has 0 saturated carbocycles. The number of nitrogens with zero attached hydrogens (tertiary/aromatic N) is 2. The first-order valence-electron chi connectivity index (χ1n) is 8.77. The van der Waals surface area contributed by atoms with Gasteiger partial charge in [-0.1, -0.05) is 6.42 Å². The highest BCUT2D eigenvalue weighted by Gasteiger charge is 2.28. The Morgan fingerprint density at radius 3 is 2.79 bits per heavy atom. The van der Waals surface area contributed by atoms with Crippen LogP contribution in [0.25, 0.3) is 0 Å². The van der Waals surface area contributed by atoms with Crippen LogP contribution in [0.4, 0.5) is 14.9 Å². The lowest BCUT2D eigenvalue weighted by Crippen LogP contribution is -2.37. The molecule has 1 aromatic carbocycles. The summed E-state index contributed by atoms with van der Waals surface area (Å²) in [6.07, 6.45) is 4.96. The van der Waals surface area contributed by atoms with Crippen molar-refractivity contribution in [3.63, 3.8) is 0 Å². The van der Waals surface area contributed by atoms with Gasteiger partial charge in [0.2, 0.25) is 0 Å². The molecule has 2 amide bonds. The lowest BCUT2D eigenvalue weighted by Gasteiger charge is -2.29. The van der Waals surface area contributed by atoms with Crippen LogP contribution in [0.1, 0.15) is 25.7 Å². The lowest BCUT2D eigenvalue weighted by atomic mass is 10.1. The van der Waals surface area contributed by atoms with E-state index in [-0.39, 0.29) is 6.03 Å². The number of ether oxygens (including phenoxy) is 1. The number of carbonyl (C=O) groups is 1. The molecule has 2 heterocycles. The van der Waals surface area contributed by atoms with Crippen LogP contribution in [0.3, 0.4) is 0 Å². The van der Waals surface area contributed by atoms with Crippen LogP contribution >= 0.6 is 0 Å². The van der Waals surface area contributed by atoms with Gasteiger partial charge in [-0.3, -0.25) is 0 Å². The Hall–Kier alpha value is -1.82. The second kappa shape index (κ2) is 7.83. The molecular formula is C18H26FN3O2. The fraction of sp³-hybridized carbons (Fsp3) is 0.611. The van der Waals surface area contributed by atoms with Crippen LogP contribution in [0, 0.1) is 11.7 Å². The van der Waals surface area contributed by atoms with E-state index in [1.165, 1.54) is 51.6 Å². The van der Waals surface area contributed by atoms with Gasteiger partial charge in [-0.15, -0.1) is 0 Å². The van der Waals surface area contributed by atoms with Crippen LogP contribution in [-0.4, -0.2) is 55.7 Å². The number of halogens is 1. The number of amides is 2. The summed E-state index contributed by atoms with van der Waals surface area (Å²) in [6.45, 7) is 4.99. The van der Waals surface area contributed by atoms with E-state index in [2.05, 4.69) is 10.2 Å². The van der Waals surface area contributed by atoms with Gasteiger partial charge < -0.3 is 19.9 Å². The highest BCUT2D eigenvalue weighted by molar-refractivity contribution is 5.89. The number of benzene rings is 1. The number of methoxy groups -OCH3 is 1. The quantitative estimate of drug-likeness (QED) is 0.919. The molecule has 2 fully saturated rings. The molecule has 0 radical (unpaired) electrons. The van der Waals surface area contributed by atoms with Gasteiger partial charge in [0.15, 0.2) is 0 Å². The number of piperidine rings is 1. The van der Waals surface area contributed by atoms with E-state index in [1.54, 1.807) is 6.07 Å². The number of hydrogen-bond acceptors (Lipinski definition) is 3. The first-order chi connectivity index (χ1) is 11.6. The third-order valence-electron chi connectivity index (χ3n) is 4.90. The standard InChI is InChI=1S/C18H26FN3O2/c1-24-17-10-15(19)9-16(11-17)20-18(23)22-8-5-14(13-22)12-21-6-3-2-4-7-21/h9-11,14H,2-8,12-13H2,1H3,(H,20,23)/t14-/m1/s1. The summed E-state index contributed by atoms with van der Waals surface area (Å²) < 4.78 is 18.5. The van der Waals surface area contributed by atoms with Gasteiger partial charge in [0.05, 0.1) is 7.11 Å². The van der Waals surface area contributed by atoms with E-state index in [0.717, 1.165) is 26.1 Å². The molecule has 3 rings (SSSR count). The molecule has 2 aliphatic heterocycles.